The Kier molecular flexibility index (Phi) is 10.6. The Morgan fingerprint density at radius 3 is 1.34 bits per heavy atom. The fraction of sp³-hybridized carbons (Fsp3) is 0.226. The Bertz CT molecular complexity index is 1240. The summed E-state index contributed by atoms with van der Waals surface area (Å²) >= 11 is 3.21. The van der Waals surface area contributed by atoms with Gasteiger partial charge in [-0.25, -0.2) is 17.6 Å². The molecule has 0 radical (unpaired) electrons. The van der Waals surface area contributed by atoms with Crippen LogP contribution in [0.15, 0.2) is 97.1 Å². The monoisotopic (exact) mass is 588 g/mol. The van der Waals surface area contributed by atoms with Crippen molar-refractivity contribution in [3.8, 4) is 0 Å². The standard InChI is InChI=1S/C15H13BrF2O.C15H12F2O.CH4/c16-9-14(19)15(10-3-1-5-12(17)7-10)11-4-2-6-13(18)8-11;16-12-5-1-3-10(7-12)15(14-9-18-14)11-4-2-6-13(17)8-11;/h1-8,14-15,19H,9H2;1-8,14-15H,9H2;1H4. The Labute approximate surface area is 229 Å². The van der Waals surface area contributed by atoms with E-state index in [0.29, 0.717) is 23.1 Å². The maximum absolute atomic E-state index is 13.3. The summed E-state index contributed by atoms with van der Waals surface area (Å²) in [6, 6.07) is 24.8. The zero-order valence-corrected chi connectivity index (χ0v) is 21.3. The minimum absolute atomic E-state index is 0. The number of alkyl halides is 1. The predicted molar refractivity (Wildman–Crippen MR) is 146 cm³/mol. The minimum Gasteiger partial charge on any atom is -0.391 e. The molecule has 0 aromatic heterocycles. The molecule has 0 spiro atoms. The van der Waals surface area contributed by atoms with E-state index in [-0.39, 0.29) is 42.7 Å². The summed E-state index contributed by atoms with van der Waals surface area (Å²) in [6.07, 6.45) is -0.739. The fourth-order valence-electron chi connectivity index (χ4n) is 4.40. The van der Waals surface area contributed by atoms with Crippen molar-refractivity contribution in [1.82, 2.24) is 0 Å². The van der Waals surface area contributed by atoms with Crippen LogP contribution in [0.25, 0.3) is 0 Å². The van der Waals surface area contributed by atoms with E-state index in [9.17, 15) is 22.7 Å². The van der Waals surface area contributed by atoms with Gasteiger partial charge in [0.15, 0.2) is 0 Å². The lowest BCUT2D eigenvalue weighted by Crippen LogP contribution is -2.21. The molecule has 4 aromatic rings. The third-order valence-corrected chi connectivity index (χ3v) is 6.77. The van der Waals surface area contributed by atoms with Gasteiger partial charge >= 0.3 is 0 Å². The van der Waals surface area contributed by atoms with E-state index < -0.39 is 12.0 Å². The van der Waals surface area contributed by atoms with Crippen LogP contribution < -0.4 is 0 Å². The zero-order chi connectivity index (χ0) is 26.4. The maximum atomic E-state index is 13.3. The van der Waals surface area contributed by atoms with Crippen molar-refractivity contribution in [2.24, 2.45) is 0 Å². The fourth-order valence-corrected chi connectivity index (χ4v) is 4.77. The van der Waals surface area contributed by atoms with Crippen molar-refractivity contribution >= 4 is 15.9 Å². The summed E-state index contributed by atoms with van der Waals surface area (Å²) in [4.78, 5) is 0. The Hall–Kier alpha value is -3.00. The summed E-state index contributed by atoms with van der Waals surface area (Å²) in [6.45, 7) is 0.637. The van der Waals surface area contributed by atoms with Gasteiger partial charge < -0.3 is 9.84 Å². The number of hydrogen-bond acceptors (Lipinski definition) is 2. The molecule has 0 saturated carbocycles. The van der Waals surface area contributed by atoms with Crippen molar-refractivity contribution < 1.29 is 27.4 Å². The van der Waals surface area contributed by atoms with Gasteiger partial charge in [0.05, 0.1) is 18.8 Å². The number of benzene rings is 4. The van der Waals surface area contributed by atoms with Gasteiger partial charge in [0, 0.05) is 17.2 Å². The van der Waals surface area contributed by atoms with Crippen LogP contribution in [0.2, 0.25) is 0 Å². The molecule has 2 unspecified atom stereocenters. The Morgan fingerprint density at radius 1 is 0.684 bits per heavy atom. The van der Waals surface area contributed by atoms with Gasteiger partial charge in [0.25, 0.3) is 0 Å². The van der Waals surface area contributed by atoms with E-state index in [0.717, 1.165) is 11.1 Å². The van der Waals surface area contributed by atoms with E-state index in [1.165, 1.54) is 48.5 Å². The molecule has 4 aromatic carbocycles. The van der Waals surface area contributed by atoms with Gasteiger partial charge in [-0.15, -0.1) is 0 Å². The first-order valence-electron chi connectivity index (χ1n) is 11.7. The topological polar surface area (TPSA) is 32.8 Å². The smallest absolute Gasteiger partial charge is 0.123 e. The van der Waals surface area contributed by atoms with Gasteiger partial charge in [-0.1, -0.05) is 71.9 Å². The lowest BCUT2D eigenvalue weighted by atomic mass is 9.87. The summed E-state index contributed by atoms with van der Waals surface area (Å²) in [7, 11) is 0. The lowest BCUT2D eigenvalue weighted by molar-refractivity contribution is 0.182. The number of rotatable bonds is 7. The third-order valence-electron chi connectivity index (χ3n) is 6.10. The third kappa shape index (κ3) is 7.76. The van der Waals surface area contributed by atoms with Crippen molar-refractivity contribution in [1.29, 1.82) is 0 Å². The molecule has 200 valence electrons. The molecule has 1 aliphatic heterocycles. The number of aliphatic hydroxyl groups excluding tert-OH is 1. The maximum Gasteiger partial charge on any atom is 0.123 e. The second-order valence-electron chi connectivity index (χ2n) is 8.77. The molecule has 1 N–H and O–H groups in total. The highest BCUT2D eigenvalue weighted by molar-refractivity contribution is 9.09. The second-order valence-corrected chi connectivity index (χ2v) is 9.42. The number of hydrogen-bond donors (Lipinski definition) is 1. The number of epoxide rings is 1. The van der Waals surface area contributed by atoms with E-state index in [4.69, 9.17) is 4.74 Å². The first-order chi connectivity index (χ1) is 17.9. The molecule has 1 heterocycles. The molecule has 7 heteroatoms. The highest BCUT2D eigenvalue weighted by atomic mass is 79.9. The molecule has 1 fully saturated rings. The van der Waals surface area contributed by atoms with Crippen LogP contribution in [-0.4, -0.2) is 29.3 Å². The molecular weight excluding hydrogens is 560 g/mol. The van der Waals surface area contributed by atoms with Gasteiger partial charge in [0.2, 0.25) is 0 Å². The molecule has 0 amide bonds. The molecule has 1 saturated heterocycles. The largest absolute Gasteiger partial charge is 0.391 e. The first kappa shape index (κ1) is 29.6. The predicted octanol–water partition coefficient (Wildman–Crippen LogP) is 7.98. The van der Waals surface area contributed by atoms with Crippen LogP contribution in [0.5, 0.6) is 0 Å². The van der Waals surface area contributed by atoms with Gasteiger partial charge in [-0.3, -0.25) is 0 Å². The SMILES string of the molecule is C.Fc1cccc(C(c2cccc(F)c2)C2CO2)c1.OC(CBr)C(c1cccc(F)c1)c1cccc(F)c1. The second kappa shape index (κ2) is 13.7. The summed E-state index contributed by atoms with van der Waals surface area (Å²) < 4.78 is 58.5. The molecule has 38 heavy (non-hydrogen) atoms. The molecule has 2 nitrogen and oxygen atoms in total. The highest BCUT2D eigenvalue weighted by Crippen LogP contribution is 2.36. The molecule has 0 bridgehead atoms. The van der Waals surface area contributed by atoms with Crippen molar-refractivity contribution in [3.05, 3.63) is 143 Å². The van der Waals surface area contributed by atoms with E-state index >= 15 is 0 Å². The van der Waals surface area contributed by atoms with E-state index in [2.05, 4.69) is 15.9 Å². The van der Waals surface area contributed by atoms with Gasteiger partial charge in [0.1, 0.15) is 23.3 Å². The number of halogens is 5. The Balaban J connectivity index is 0.000000205. The summed E-state index contributed by atoms with van der Waals surface area (Å²) in [5.41, 5.74) is 2.89. The average Bonchev–Trinajstić information content (AvgIpc) is 3.70. The first-order valence-corrected chi connectivity index (χ1v) is 12.9. The molecule has 0 aliphatic carbocycles. The minimum atomic E-state index is -0.761. The molecule has 1 aliphatic rings. The van der Waals surface area contributed by atoms with E-state index in [1.807, 2.05) is 12.1 Å². The molecular formula is C31H29BrF4O2. The Morgan fingerprint density at radius 2 is 1.03 bits per heavy atom. The number of ether oxygens (including phenoxy) is 1. The summed E-state index contributed by atoms with van der Waals surface area (Å²) in [5, 5.41) is 10.4. The molecule has 2 atom stereocenters. The van der Waals surface area contributed by atoms with Gasteiger partial charge in [-0.2, -0.15) is 0 Å². The number of aliphatic hydroxyl groups is 1. The zero-order valence-electron chi connectivity index (χ0n) is 19.7. The lowest BCUT2D eigenvalue weighted by Gasteiger charge is -2.22. The van der Waals surface area contributed by atoms with Crippen LogP contribution in [0.4, 0.5) is 17.6 Å². The van der Waals surface area contributed by atoms with Crippen LogP contribution in [-0.2, 0) is 4.74 Å². The van der Waals surface area contributed by atoms with E-state index in [1.54, 1.807) is 36.4 Å². The summed E-state index contributed by atoms with van der Waals surface area (Å²) in [5.74, 6) is -1.88. The van der Waals surface area contributed by atoms with Crippen molar-refractivity contribution in [2.75, 3.05) is 11.9 Å². The quantitative estimate of drug-likeness (QED) is 0.135. The average molecular weight is 589 g/mol. The van der Waals surface area contributed by atoms with Crippen LogP contribution in [0.1, 0.15) is 41.5 Å². The van der Waals surface area contributed by atoms with Crippen LogP contribution in [0.3, 0.4) is 0 Å². The van der Waals surface area contributed by atoms with Crippen molar-refractivity contribution in [3.63, 3.8) is 0 Å². The highest BCUT2D eigenvalue weighted by Gasteiger charge is 2.35. The van der Waals surface area contributed by atoms with Crippen LogP contribution in [0, 0.1) is 23.3 Å². The molecule has 5 rings (SSSR count). The van der Waals surface area contributed by atoms with Gasteiger partial charge in [-0.05, 0) is 70.8 Å². The van der Waals surface area contributed by atoms with Crippen molar-refractivity contribution in [2.45, 2.75) is 31.5 Å². The normalized spacial score (nSPS) is 14.9. The van der Waals surface area contributed by atoms with Crippen LogP contribution >= 0.6 is 15.9 Å².